The number of ether oxygens (including phenoxy) is 1. The molecule has 0 amide bonds. The second-order valence-electron chi connectivity index (χ2n) is 4.58. The summed E-state index contributed by atoms with van der Waals surface area (Å²) >= 11 is 0. The average Bonchev–Trinajstić information content (AvgIpc) is 2.46. The van der Waals surface area contributed by atoms with Crippen molar-refractivity contribution in [1.82, 2.24) is 0 Å². The van der Waals surface area contributed by atoms with Gasteiger partial charge in [-0.05, 0) is 24.6 Å². The maximum Gasteiger partial charge on any atom is 0.132 e. The zero-order valence-electron chi connectivity index (χ0n) is 11.3. The number of benzene rings is 2. The molecule has 2 aromatic rings. The van der Waals surface area contributed by atoms with Crippen LogP contribution in [0.5, 0.6) is 5.75 Å². The molecule has 0 saturated heterocycles. The molecule has 106 valence electrons. The highest BCUT2D eigenvalue weighted by molar-refractivity contribution is 5.36. The van der Waals surface area contributed by atoms with E-state index in [1.54, 1.807) is 6.07 Å². The van der Waals surface area contributed by atoms with Gasteiger partial charge in [-0.2, -0.15) is 0 Å². The molecule has 0 bridgehead atoms. The van der Waals surface area contributed by atoms with Gasteiger partial charge in [0, 0.05) is 23.2 Å². The number of hydrogen-bond donors (Lipinski definition) is 1. The summed E-state index contributed by atoms with van der Waals surface area (Å²) in [6, 6.07) is 10.7. The van der Waals surface area contributed by atoms with E-state index in [0.717, 1.165) is 18.1 Å². The average molecular weight is 277 g/mol. The Hall–Kier alpha value is -1.94. The lowest BCUT2D eigenvalue weighted by atomic mass is 10.0. The Morgan fingerprint density at radius 3 is 2.60 bits per heavy atom. The van der Waals surface area contributed by atoms with E-state index in [1.165, 1.54) is 12.1 Å². The number of nitrogens with two attached hydrogens (primary N) is 1. The molecule has 4 heteroatoms. The molecule has 0 aliphatic heterocycles. The zero-order chi connectivity index (χ0) is 14.5. The van der Waals surface area contributed by atoms with Crippen LogP contribution in [0.2, 0.25) is 0 Å². The Morgan fingerprint density at radius 2 is 1.90 bits per heavy atom. The molecule has 0 spiro atoms. The van der Waals surface area contributed by atoms with Crippen molar-refractivity contribution in [3.05, 3.63) is 65.2 Å². The van der Waals surface area contributed by atoms with Crippen LogP contribution in [-0.2, 0) is 6.61 Å². The van der Waals surface area contributed by atoms with Gasteiger partial charge in [-0.25, -0.2) is 8.78 Å². The second kappa shape index (κ2) is 6.48. The molecule has 0 aliphatic carbocycles. The highest BCUT2D eigenvalue weighted by Gasteiger charge is 2.11. The van der Waals surface area contributed by atoms with Gasteiger partial charge < -0.3 is 10.5 Å². The third-order valence-corrected chi connectivity index (χ3v) is 3.16. The van der Waals surface area contributed by atoms with Crippen LogP contribution in [0, 0.1) is 11.6 Å². The van der Waals surface area contributed by atoms with Crippen LogP contribution in [0.15, 0.2) is 42.5 Å². The van der Waals surface area contributed by atoms with E-state index in [4.69, 9.17) is 10.5 Å². The zero-order valence-corrected chi connectivity index (χ0v) is 11.3. The predicted molar refractivity (Wildman–Crippen MR) is 74.4 cm³/mol. The third kappa shape index (κ3) is 3.33. The van der Waals surface area contributed by atoms with Gasteiger partial charge in [-0.1, -0.05) is 25.1 Å². The van der Waals surface area contributed by atoms with Crippen LogP contribution >= 0.6 is 0 Å². The smallest absolute Gasteiger partial charge is 0.132 e. The summed E-state index contributed by atoms with van der Waals surface area (Å²) in [5, 5.41) is 0. The number of halogens is 2. The van der Waals surface area contributed by atoms with E-state index in [0.29, 0.717) is 11.3 Å². The van der Waals surface area contributed by atoms with Crippen molar-refractivity contribution in [2.45, 2.75) is 26.0 Å². The lowest BCUT2D eigenvalue weighted by Gasteiger charge is -2.15. The molecule has 2 nitrogen and oxygen atoms in total. The molecular formula is C16H17F2NO. The lowest BCUT2D eigenvalue weighted by molar-refractivity contribution is 0.294. The first kappa shape index (κ1) is 14.5. The third-order valence-electron chi connectivity index (χ3n) is 3.16. The minimum absolute atomic E-state index is 0.0412. The van der Waals surface area contributed by atoms with Crippen LogP contribution in [0.4, 0.5) is 8.78 Å². The molecule has 2 rings (SSSR count). The van der Waals surface area contributed by atoms with Crippen molar-refractivity contribution < 1.29 is 13.5 Å². The normalized spacial score (nSPS) is 12.2. The molecule has 2 N–H and O–H groups in total. The maximum atomic E-state index is 13.5. The van der Waals surface area contributed by atoms with Crippen molar-refractivity contribution in [1.29, 1.82) is 0 Å². The van der Waals surface area contributed by atoms with Crippen LogP contribution in [0.1, 0.15) is 30.5 Å². The standard InChI is InChI=1S/C16H17F2NO/c1-2-15(19)13-5-3-4-6-16(13)20-10-11-7-8-12(17)9-14(11)18/h3-9,15H,2,10,19H2,1H3. The van der Waals surface area contributed by atoms with Gasteiger partial charge in [0.2, 0.25) is 0 Å². The molecule has 2 aromatic carbocycles. The summed E-state index contributed by atoms with van der Waals surface area (Å²) in [4.78, 5) is 0. The Morgan fingerprint density at radius 1 is 1.15 bits per heavy atom. The first-order valence-corrected chi connectivity index (χ1v) is 6.53. The Bertz CT molecular complexity index is 586. The minimum Gasteiger partial charge on any atom is -0.488 e. The molecule has 0 aliphatic rings. The van der Waals surface area contributed by atoms with E-state index in [1.807, 2.05) is 25.1 Å². The van der Waals surface area contributed by atoms with Gasteiger partial charge in [0.25, 0.3) is 0 Å². The Balaban J connectivity index is 2.15. The van der Waals surface area contributed by atoms with Gasteiger partial charge in [0.15, 0.2) is 0 Å². The monoisotopic (exact) mass is 277 g/mol. The first-order valence-electron chi connectivity index (χ1n) is 6.53. The topological polar surface area (TPSA) is 35.2 Å². The second-order valence-corrected chi connectivity index (χ2v) is 4.58. The quantitative estimate of drug-likeness (QED) is 0.898. The molecule has 0 saturated carbocycles. The van der Waals surface area contributed by atoms with Crippen LogP contribution < -0.4 is 10.5 Å². The van der Waals surface area contributed by atoms with Crippen molar-refractivity contribution in [3.8, 4) is 5.75 Å². The molecule has 20 heavy (non-hydrogen) atoms. The van der Waals surface area contributed by atoms with Crippen molar-refractivity contribution in [3.63, 3.8) is 0 Å². The molecule has 0 heterocycles. The fourth-order valence-corrected chi connectivity index (χ4v) is 1.93. The molecule has 0 radical (unpaired) electrons. The Labute approximate surface area is 117 Å². The molecular weight excluding hydrogens is 260 g/mol. The van der Waals surface area contributed by atoms with Crippen molar-refractivity contribution in [2.75, 3.05) is 0 Å². The van der Waals surface area contributed by atoms with Gasteiger partial charge in [0.05, 0.1) is 0 Å². The highest BCUT2D eigenvalue weighted by atomic mass is 19.1. The van der Waals surface area contributed by atoms with Gasteiger partial charge >= 0.3 is 0 Å². The largest absolute Gasteiger partial charge is 0.488 e. The molecule has 1 atom stereocenters. The van der Waals surface area contributed by atoms with E-state index >= 15 is 0 Å². The summed E-state index contributed by atoms with van der Waals surface area (Å²) in [7, 11) is 0. The van der Waals surface area contributed by atoms with E-state index in [2.05, 4.69) is 0 Å². The van der Waals surface area contributed by atoms with Crippen LogP contribution in [0.3, 0.4) is 0 Å². The fourth-order valence-electron chi connectivity index (χ4n) is 1.93. The van der Waals surface area contributed by atoms with Crippen molar-refractivity contribution >= 4 is 0 Å². The van der Waals surface area contributed by atoms with Gasteiger partial charge in [0.1, 0.15) is 24.0 Å². The van der Waals surface area contributed by atoms with E-state index in [9.17, 15) is 8.78 Å². The highest BCUT2D eigenvalue weighted by Crippen LogP contribution is 2.26. The first-order chi connectivity index (χ1) is 9.61. The molecule has 1 unspecified atom stereocenters. The fraction of sp³-hybridized carbons (Fsp3) is 0.250. The SMILES string of the molecule is CCC(N)c1ccccc1OCc1ccc(F)cc1F. The minimum atomic E-state index is -0.609. The maximum absolute atomic E-state index is 13.5. The van der Waals surface area contributed by atoms with Gasteiger partial charge in [-0.3, -0.25) is 0 Å². The number of para-hydroxylation sites is 1. The van der Waals surface area contributed by atoms with Gasteiger partial charge in [-0.15, -0.1) is 0 Å². The lowest BCUT2D eigenvalue weighted by Crippen LogP contribution is -2.11. The summed E-state index contributed by atoms with van der Waals surface area (Å²) < 4.78 is 32.0. The van der Waals surface area contributed by atoms with Crippen molar-refractivity contribution in [2.24, 2.45) is 5.73 Å². The van der Waals surface area contributed by atoms with Crippen LogP contribution in [0.25, 0.3) is 0 Å². The van der Waals surface area contributed by atoms with Crippen LogP contribution in [-0.4, -0.2) is 0 Å². The summed E-state index contributed by atoms with van der Waals surface area (Å²) in [6.07, 6.45) is 0.783. The summed E-state index contributed by atoms with van der Waals surface area (Å²) in [6.45, 7) is 2.03. The predicted octanol–water partition coefficient (Wildman–Crippen LogP) is 3.95. The molecule has 0 aromatic heterocycles. The number of hydrogen-bond acceptors (Lipinski definition) is 2. The number of rotatable bonds is 5. The molecule has 0 fully saturated rings. The summed E-state index contributed by atoms with van der Waals surface area (Å²) in [5.74, 6) is -0.576. The summed E-state index contributed by atoms with van der Waals surface area (Å²) in [5.41, 5.74) is 7.21. The Kier molecular flexibility index (Phi) is 4.69. The van der Waals surface area contributed by atoms with E-state index < -0.39 is 11.6 Å². The van der Waals surface area contributed by atoms with E-state index in [-0.39, 0.29) is 12.6 Å².